The summed E-state index contributed by atoms with van der Waals surface area (Å²) in [6.45, 7) is 11.7. The molecule has 0 radical (unpaired) electrons. The summed E-state index contributed by atoms with van der Waals surface area (Å²) >= 11 is 0. The maximum absolute atomic E-state index is 5.64. The van der Waals surface area contributed by atoms with E-state index in [0.717, 1.165) is 49.1 Å². The summed E-state index contributed by atoms with van der Waals surface area (Å²) in [4.78, 5) is 14.1. The highest BCUT2D eigenvalue weighted by Gasteiger charge is 2.24. The van der Waals surface area contributed by atoms with Gasteiger partial charge in [0.25, 0.3) is 0 Å². The molecule has 6 nitrogen and oxygen atoms in total. The van der Waals surface area contributed by atoms with Gasteiger partial charge in [0.05, 0.1) is 0 Å². The molecule has 0 bridgehead atoms. The lowest BCUT2D eigenvalue weighted by molar-refractivity contribution is 0.337. The van der Waals surface area contributed by atoms with Crippen LogP contribution in [0.25, 0.3) is 0 Å². The Morgan fingerprint density at radius 1 is 1.29 bits per heavy atom. The van der Waals surface area contributed by atoms with E-state index in [0.29, 0.717) is 6.04 Å². The minimum absolute atomic E-state index is 0.279. The first kappa shape index (κ1) is 16.0. The van der Waals surface area contributed by atoms with Crippen molar-refractivity contribution in [3.8, 4) is 0 Å². The Bertz CT molecular complexity index is 487. The molecule has 1 aromatic rings. The first-order valence-electron chi connectivity index (χ1n) is 7.74. The third kappa shape index (κ3) is 3.44. The predicted molar refractivity (Wildman–Crippen MR) is 87.6 cm³/mol. The van der Waals surface area contributed by atoms with Gasteiger partial charge in [0.15, 0.2) is 0 Å². The van der Waals surface area contributed by atoms with Crippen LogP contribution in [-0.4, -0.2) is 47.6 Å². The predicted octanol–water partition coefficient (Wildman–Crippen LogP) is 1.72. The van der Waals surface area contributed by atoms with Crippen molar-refractivity contribution in [2.24, 2.45) is 5.84 Å². The van der Waals surface area contributed by atoms with Gasteiger partial charge in [-0.05, 0) is 33.9 Å². The van der Waals surface area contributed by atoms with E-state index in [-0.39, 0.29) is 5.92 Å². The van der Waals surface area contributed by atoms with E-state index in [9.17, 15) is 0 Å². The van der Waals surface area contributed by atoms with Crippen LogP contribution in [0.5, 0.6) is 0 Å². The standard InChI is InChI=1S/C15H28N6/c1-10(2)13-17-14(19-16)12(4)15(18-13)21-8-6-7-20(5)9-11(21)3/h10-11H,6-9,16H2,1-5H3,(H,17,18,19). The van der Waals surface area contributed by atoms with Crippen molar-refractivity contribution in [1.82, 2.24) is 14.9 Å². The molecule has 3 N–H and O–H groups in total. The third-order valence-electron chi connectivity index (χ3n) is 4.11. The minimum Gasteiger partial charge on any atom is -0.352 e. The zero-order chi connectivity index (χ0) is 15.6. The van der Waals surface area contributed by atoms with Gasteiger partial charge in [-0.3, -0.25) is 0 Å². The first-order valence-corrected chi connectivity index (χ1v) is 7.74. The SMILES string of the molecule is Cc1c(NN)nc(C(C)C)nc1N1CCCN(C)CC1C. The summed E-state index contributed by atoms with van der Waals surface area (Å²) in [5.74, 6) is 8.51. The average Bonchev–Trinajstić information content (AvgIpc) is 2.59. The van der Waals surface area contributed by atoms with Crippen LogP contribution in [0.1, 0.15) is 44.5 Å². The number of rotatable bonds is 3. The van der Waals surface area contributed by atoms with E-state index >= 15 is 0 Å². The van der Waals surface area contributed by atoms with Crippen LogP contribution in [0.2, 0.25) is 0 Å². The van der Waals surface area contributed by atoms with Gasteiger partial charge in [-0.2, -0.15) is 0 Å². The van der Waals surface area contributed by atoms with Gasteiger partial charge in [0, 0.05) is 30.6 Å². The van der Waals surface area contributed by atoms with Crippen molar-refractivity contribution in [3.63, 3.8) is 0 Å². The molecule has 1 aromatic heterocycles. The molecule has 1 fully saturated rings. The van der Waals surface area contributed by atoms with E-state index in [1.54, 1.807) is 0 Å². The minimum atomic E-state index is 0.279. The highest BCUT2D eigenvalue weighted by molar-refractivity contribution is 5.59. The number of anilines is 2. The molecule has 21 heavy (non-hydrogen) atoms. The lowest BCUT2D eigenvalue weighted by atomic mass is 10.1. The van der Waals surface area contributed by atoms with E-state index in [1.807, 2.05) is 6.92 Å². The van der Waals surface area contributed by atoms with Crippen LogP contribution in [0.3, 0.4) is 0 Å². The van der Waals surface area contributed by atoms with Crippen molar-refractivity contribution < 1.29 is 0 Å². The Balaban J connectivity index is 2.43. The Morgan fingerprint density at radius 2 is 2.00 bits per heavy atom. The lowest BCUT2D eigenvalue weighted by Gasteiger charge is -2.31. The molecule has 1 aliphatic rings. The lowest BCUT2D eigenvalue weighted by Crippen LogP contribution is -2.39. The molecule has 1 aliphatic heterocycles. The van der Waals surface area contributed by atoms with Gasteiger partial charge < -0.3 is 15.2 Å². The molecule has 1 saturated heterocycles. The van der Waals surface area contributed by atoms with E-state index in [4.69, 9.17) is 10.8 Å². The summed E-state index contributed by atoms with van der Waals surface area (Å²) in [5.41, 5.74) is 3.75. The van der Waals surface area contributed by atoms with Crippen molar-refractivity contribution in [3.05, 3.63) is 11.4 Å². The van der Waals surface area contributed by atoms with Crippen LogP contribution >= 0.6 is 0 Å². The highest BCUT2D eigenvalue weighted by Crippen LogP contribution is 2.28. The Labute approximate surface area is 127 Å². The molecule has 2 rings (SSSR count). The monoisotopic (exact) mass is 292 g/mol. The summed E-state index contributed by atoms with van der Waals surface area (Å²) < 4.78 is 0. The fraction of sp³-hybridized carbons (Fsp3) is 0.733. The maximum atomic E-state index is 5.64. The molecule has 0 aromatic carbocycles. The van der Waals surface area contributed by atoms with Crippen LogP contribution in [0, 0.1) is 6.92 Å². The van der Waals surface area contributed by atoms with Gasteiger partial charge in [-0.25, -0.2) is 15.8 Å². The fourth-order valence-electron chi connectivity index (χ4n) is 2.89. The molecule has 1 unspecified atom stereocenters. The zero-order valence-electron chi connectivity index (χ0n) is 13.8. The second-order valence-corrected chi connectivity index (χ2v) is 6.34. The summed E-state index contributed by atoms with van der Waals surface area (Å²) in [6, 6.07) is 0.428. The number of aromatic nitrogens is 2. The quantitative estimate of drug-likeness (QED) is 0.653. The molecule has 0 spiro atoms. The number of hydrogen-bond acceptors (Lipinski definition) is 6. The molecular formula is C15H28N6. The number of hydrazine groups is 1. The van der Waals surface area contributed by atoms with Gasteiger partial charge in [-0.15, -0.1) is 0 Å². The maximum Gasteiger partial charge on any atom is 0.148 e. The molecule has 0 amide bonds. The van der Waals surface area contributed by atoms with Gasteiger partial charge in [-0.1, -0.05) is 13.8 Å². The number of nitrogen functional groups attached to an aromatic ring is 1. The van der Waals surface area contributed by atoms with Crippen LogP contribution in [-0.2, 0) is 0 Å². The van der Waals surface area contributed by atoms with Crippen LogP contribution < -0.4 is 16.2 Å². The van der Waals surface area contributed by atoms with Gasteiger partial charge >= 0.3 is 0 Å². The van der Waals surface area contributed by atoms with Crippen LogP contribution in [0.4, 0.5) is 11.6 Å². The smallest absolute Gasteiger partial charge is 0.148 e. The summed E-state index contributed by atoms with van der Waals surface area (Å²) in [5, 5.41) is 0. The summed E-state index contributed by atoms with van der Waals surface area (Å²) in [7, 11) is 2.18. The normalized spacial score (nSPS) is 20.7. The molecule has 1 atom stereocenters. The van der Waals surface area contributed by atoms with Gasteiger partial charge in [0.2, 0.25) is 0 Å². The summed E-state index contributed by atoms with van der Waals surface area (Å²) in [6.07, 6.45) is 1.15. The Morgan fingerprint density at radius 3 is 2.62 bits per heavy atom. The number of nitrogens with zero attached hydrogens (tertiary/aromatic N) is 4. The molecule has 2 heterocycles. The largest absolute Gasteiger partial charge is 0.352 e. The topological polar surface area (TPSA) is 70.3 Å². The average molecular weight is 292 g/mol. The van der Waals surface area contributed by atoms with Gasteiger partial charge in [0.1, 0.15) is 17.5 Å². The first-order chi connectivity index (χ1) is 9.93. The third-order valence-corrected chi connectivity index (χ3v) is 4.11. The number of nitrogens with one attached hydrogen (secondary N) is 1. The second-order valence-electron chi connectivity index (χ2n) is 6.34. The zero-order valence-corrected chi connectivity index (χ0v) is 13.8. The van der Waals surface area contributed by atoms with E-state index in [1.165, 1.54) is 0 Å². The van der Waals surface area contributed by atoms with Crippen LogP contribution in [0.15, 0.2) is 0 Å². The number of nitrogens with two attached hydrogens (primary N) is 1. The molecular weight excluding hydrogens is 264 g/mol. The Kier molecular flexibility index (Phi) is 5.00. The molecule has 0 saturated carbocycles. The van der Waals surface area contributed by atoms with Crippen molar-refractivity contribution >= 4 is 11.6 Å². The molecule has 6 heteroatoms. The van der Waals surface area contributed by atoms with E-state index in [2.05, 4.69) is 48.0 Å². The second kappa shape index (κ2) is 6.58. The highest BCUT2D eigenvalue weighted by atomic mass is 15.3. The van der Waals surface area contributed by atoms with Crippen molar-refractivity contribution in [1.29, 1.82) is 0 Å². The number of likely N-dealkylation sites (N-methyl/N-ethyl adjacent to an activating group) is 1. The fourth-order valence-corrected chi connectivity index (χ4v) is 2.89. The molecule has 118 valence electrons. The van der Waals surface area contributed by atoms with Crippen molar-refractivity contribution in [2.45, 2.75) is 46.1 Å². The van der Waals surface area contributed by atoms with Crippen molar-refractivity contribution in [2.75, 3.05) is 37.0 Å². The Hall–Kier alpha value is -1.40. The number of hydrogen-bond donors (Lipinski definition) is 2. The molecule has 0 aliphatic carbocycles. The van der Waals surface area contributed by atoms with E-state index < -0.39 is 0 Å².